The summed E-state index contributed by atoms with van der Waals surface area (Å²) in [5.41, 5.74) is 4.10. The van der Waals surface area contributed by atoms with Crippen molar-refractivity contribution < 1.29 is 14.6 Å². The van der Waals surface area contributed by atoms with Gasteiger partial charge in [-0.3, -0.25) is 13.9 Å². The maximum atomic E-state index is 13.5. The van der Waals surface area contributed by atoms with E-state index < -0.39 is 11.8 Å². The average molecular weight is 462 g/mol. The Balaban J connectivity index is 1.89. The molecule has 2 aromatic carbocycles. The molecule has 0 amide bonds. The topological polar surface area (TPSA) is 87.6 Å². The molecule has 1 atom stereocenters. The Hall–Kier alpha value is -3.78. The molecule has 2 aromatic heterocycles. The van der Waals surface area contributed by atoms with Crippen molar-refractivity contribution in [3.63, 3.8) is 0 Å². The number of ether oxygens (including phenoxy) is 2. The van der Waals surface area contributed by atoms with Crippen molar-refractivity contribution >= 4 is 10.9 Å². The van der Waals surface area contributed by atoms with Gasteiger partial charge in [0.2, 0.25) is 0 Å². The molecule has 4 aromatic rings. The van der Waals surface area contributed by atoms with Crippen molar-refractivity contribution in [3.05, 3.63) is 80.1 Å². The van der Waals surface area contributed by atoms with Crippen LogP contribution in [0.3, 0.4) is 0 Å². The van der Waals surface area contributed by atoms with Crippen LogP contribution in [0.1, 0.15) is 29.8 Å². The normalized spacial score (nSPS) is 15.5. The Bertz CT molecular complexity index is 1540. The molecule has 0 saturated carbocycles. The van der Waals surface area contributed by atoms with E-state index >= 15 is 0 Å². The smallest absolute Gasteiger partial charge is 0.331 e. The van der Waals surface area contributed by atoms with E-state index in [4.69, 9.17) is 9.47 Å². The first-order chi connectivity index (χ1) is 16.3. The number of phenolic OH excluding ortho intramolecular Hbond substituents is 1. The molecule has 1 aliphatic heterocycles. The minimum Gasteiger partial charge on any atom is -0.504 e. The Kier molecular flexibility index (Phi) is 5.32. The van der Waals surface area contributed by atoms with Crippen molar-refractivity contribution in [3.8, 4) is 22.8 Å². The van der Waals surface area contributed by atoms with E-state index in [0.29, 0.717) is 36.4 Å². The molecule has 5 rings (SSSR count). The molecule has 0 fully saturated rings. The summed E-state index contributed by atoms with van der Waals surface area (Å²) in [5, 5.41) is 10.7. The second-order valence-electron chi connectivity index (χ2n) is 8.60. The second kappa shape index (κ2) is 8.22. The summed E-state index contributed by atoms with van der Waals surface area (Å²) in [7, 11) is 3.18. The third-order valence-electron chi connectivity index (χ3n) is 6.43. The van der Waals surface area contributed by atoms with Gasteiger partial charge in [-0.05, 0) is 43.2 Å². The molecule has 1 aliphatic rings. The lowest BCUT2D eigenvalue weighted by molar-refractivity contribution is 0.0477. The number of benzene rings is 2. The minimum absolute atomic E-state index is 0.0448. The zero-order chi connectivity index (χ0) is 24.1. The standard InChI is InChI=1S/C26H27N3O5/c1-5-33-19-14-17(9-10-18(19)30)24-23-22-20(25(31)28(4)26(32)27(22)3)21(29(23)11-12-34-24)16-8-6-7-15(2)13-16/h6-10,13-14,24,30H,5,11-12H2,1-4H3/t24-/m0/s1. The summed E-state index contributed by atoms with van der Waals surface area (Å²) >= 11 is 0. The Morgan fingerprint density at radius 3 is 2.65 bits per heavy atom. The predicted octanol–water partition coefficient (Wildman–Crippen LogP) is 3.24. The molecule has 8 heteroatoms. The molecule has 0 aliphatic carbocycles. The molecular weight excluding hydrogens is 434 g/mol. The zero-order valence-electron chi connectivity index (χ0n) is 19.7. The van der Waals surface area contributed by atoms with Gasteiger partial charge >= 0.3 is 5.69 Å². The van der Waals surface area contributed by atoms with Crippen molar-refractivity contribution in [1.29, 1.82) is 0 Å². The fourth-order valence-electron chi connectivity index (χ4n) is 4.89. The van der Waals surface area contributed by atoms with Crippen LogP contribution in [0.15, 0.2) is 52.1 Å². The maximum Gasteiger partial charge on any atom is 0.331 e. The van der Waals surface area contributed by atoms with Gasteiger partial charge in [0.1, 0.15) is 6.10 Å². The molecule has 34 heavy (non-hydrogen) atoms. The van der Waals surface area contributed by atoms with Gasteiger partial charge in [0.15, 0.2) is 11.5 Å². The number of phenols is 1. The van der Waals surface area contributed by atoms with E-state index in [1.54, 1.807) is 25.2 Å². The predicted molar refractivity (Wildman–Crippen MR) is 130 cm³/mol. The lowest BCUT2D eigenvalue weighted by atomic mass is 10.0. The summed E-state index contributed by atoms with van der Waals surface area (Å²) in [6.07, 6.45) is -0.549. The molecule has 0 spiro atoms. The number of fused-ring (bicyclic) bond motifs is 3. The number of rotatable bonds is 4. The van der Waals surface area contributed by atoms with Crippen molar-refractivity contribution in [2.75, 3.05) is 13.2 Å². The summed E-state index contributed by atoms with van der Waals surface area (Å²) < 4.78 is 16.6. The summed E-state index contributed by atoms with van der Waals surface area (Å²) in [5.74, 6) is 0.406. The first-order valence-corrected chi connectivity index (χ1v) is 11.3. The number of aryl methyl sites for hydroxylation is 2. The fraction of sp³-hybridized carbons (Fsp3) is 0.308. The van der Waals surface area contributed by atoms with Gasteiger partial charge in [0.05, 0.1) is 35.5 Å². The quantitative estimate of drug-likeness (QED) is 0.504. The summed E-state index contributed by atoms with van der Waals surface area (Å²) in [4.78, 5) is 26.4. The van der Waals surface area contributed by atoms with Gasteiger partial charge in [0, 0.05) is 20.6 Å². The van der Waals surface area contributed by atoms with Crippen LogP contribution in [0.25, 0.3) is 22.2 Å². The average Bonchev–Trinajstić information content (AvgIpc) is 3.18. The van der Waals surface area contributed by atoms with E-state index in [2.05, 4.69) is 4.57 Å². The highest BCUT2D eigenvalue weighted by atomic mass is 16.5. The van der Waals surface area contributed by atoms with Gasteiger partial charge in [-0.2, -0.15) is 0 Å². The minimum atomic E-state index is -0.549. The molecule has 1 N–H and O–H groups in total. The SMILES string of the molecule is CCOc1cc([C@@H]2OCCn3c(-c4cccc(C)c4)c4c(=O)n(C)c(=O)n(C)c4c32)ccc1O. The van der Waals surface area contributed by atoms with Gasteiger partial charge in [0.25, 0.3) is 5.56 Å². The van der Waals surface area contributed by atoms with E-state index in [1.807, 2.05) is 38.1 Å². The number of aromatic nitrogens is 3. The van der Waals surface area contributed by atoms with Gasteiger partial charge in [-0.25, -0.2) is 4.79 Å². The molecule has 3 heterocycles. The highest BCUT2D eigenvalue weighted by Crippen LogP contribution is 2.42. The number of aromatic hydroxyl groups is 1. The van der Waals surface area contributed by atoms with Crippen LogP contribution in [0.5, 0.6) is 11.5 Å². The first-order valence-electron chi connectivity index (χ1n) is 11.3. The zero-order valence-corrected chi connectivity index (χ0v) is 19.7. The highest BCUT2D eigenvalue weighted by Gasteiger charge is 2.33. The fourth-order valence-corrected chi connectivity index (χ4v) is 4.89. The van der Waals surface area contributed by atoms with Crippen molar-refractivity contribution in [2.45, 2.75) is 26.5 Å². The highest BCUT2D eigenvalue weighted by molar-refractivity contribution is 5.96. The lowest BCUT2D eigenvalue weighted by Gasteiger charge is -2.28. The van der Waals surface area contributed by atoms with E-state index in [1.165, 1.54) is 11.6 Å². The first kappa shape index (κ1) is 22.0. The molecule has 0 bridgehead atoms. The summed E-state index contributed by atoms with van der Waals surface area (Å²) in [6, 6.07) is 13.1. The molecular formula is C26H27N3O5. The Morgan fingerprint density at radius 1 is 1.12 bits per heavy atom. The van der Waals surface area contributed by atoms with E-state index in [-0.39, 0.29) is 11.3 Å². The molecule has 0 saturated heterocycles. The van der Waals surface area contributed by atoms with Crippen molar-refractivity contribution in [2.24, 2.45) is 14.1 Å². The molecule has 0 radical (unpaired) electrons. The summed E-state index contributed by atoms with van der Waals surface area (Å²) in [6.45, 7) is 5.23. The van der Waals surface area contributed by atoms with Gasteiger partial charge < -0.3 is 19.1 Å². The third-order valence-corrected chi connectivity index (χ3v) is 6.43. The Labute approximate surface area is 196 Å². The third kappa shape index (κ3) is 3.25. The van der Waals surface area contributed by atoms with E-state index in [9.17, 15) is 14.7 Å². The maximum absolute atomic E-state index is 13.5. The molecule has 8 nitrogen and oxygen atoms in total. The Morgan fingerprint density at radius 2 is 1.91 bits per heavy atom. The lowest BCUT2D eigenvalue weighted by Crippen LogP contribution is -2.37. The van der Waals surface area contributed by atoms with Gasteiger partial charge in [-0.1, -0.05) is 29.8 Å². The monoisotopic (exact) mass is 461 g/mol. The van der Waals surface area contributed by atoms with Crippen LogP contribution < -0.4 is 16.0 Å². The largest absolute Gasteiger partial charge is 0.504 e. The molecule has 0 unspecified atom stereocenters. The van der Waals surface area contributed by atoms with Gasteiger partial charge in [-0.15, -0.1) is 0 Å². The van der Waals surface area contributed by atoms with Crippen molar-refractivity contribution in [1.82, 2.24) is 13.7 Å². The van der Waals surface area contributed by atoms with Crippen LogP contribution in [-0.2, 0) is 25.4 Å². The van der Waals surface area contributed by atoms with Crippen LogP contribution in [0.4, 0.5) is 0 Å². The van der Waals surface area contributed by atoms with Crippen LogP contribution in [0.2, 0.25) is 0 Å². The second-order valence-corrected chi connectivity index (χ2v) is 8.60. The van der Waals surface area contributed by atoms with Crippen LogP contribution >= 0.6 is 0 Å². The van der Waals surface area contributed by atoms with Crippen LogP contribution in [0, 0.1) is 6.92 Å². The van der Waals surface area contributed by atoms with E-state index in [0.717, 1.165) is 32.6 Å². The number of hydrogen-bond acceptors (Lipinski definition) is 5. The number of nitrogens with zero attached hydrogens (tertiary/aromatic N) is 3. The van der Waals surface area contributed by atoms with Crippen LogP contribution in [-0.4, -0.2) is 32.0 Å². The molecule has 176 valence electrons. The number of hydrogen-bond donors (Lipinski definition) is 1.